The van der Waals surface area contributed by atoms with Gasteiger partial charge in [-0.25, -0.2) is 4.98 Å². The van der Waals surface area contributed by atoms with Crippen molar-refractivity contribution in [1.82, 2.24) is 29.0 Å². The molecule has 26 heavy (non-hydrogen) atoms. The number of pyridine rings is 1. The molecule has 1 aliphatic heterocycles. The number of hydrogen-bond donors (Lipinski definition) is 0. The van der Waals surface area contributed by atoms with Crippen molar-refractivity contribution in [2.45, 2.75) is 25.4 Å². The second kappa shape index (κ2) is 7.21. The van der Waals surface area contributed by atoms with Crippen molar-refractivity contribution < 1.29 is 0 Å². The molecule has 138 valence electrons. The van der Waals surface area contributed by atoms with Gasteiger partial charge in [0.05, 0.1) is 17.4 Å². The third kappa shape index (κ3) is 3.39. The minimum Gasteiger partial charge on any atom is -0.307 e. The second-order valence-electron chi connectivity index (χ2n) is 7.60. The van der Waals surface area contributed by atoms with Gasteiger partial charge in [0.15, 0.2) is 0 Å². The standard InChI is InChI=1S/C20H28N6/c1-23(14-17-15-26-12-5-4-8-19(26)22-17)13-16-7-6-11-24(2)20(16)18-9-10-21-25(18)3/h4-5,8-10,12,15-16,20H,6-7,11,13-14H2,1-3H3/t16-,20+/m0/s1. The second-order valence-corrected chi connectivity index (χ2v) is 7.60. The normalized spacial score (nSPS) is 21.7. The average Bonchev–Trinajstić information content (AvgIpc) is 3.20. The molecule has 1 fully saturated rings. The van der Waals surface area contributed by atoms with E-state index in [9.17, 15) is 0 Å². The van der Waals surface area contributed by atoms with Crippen LogP contribution in [0.25, 0.3) is 5.65 Å². The van der Waals surface area contributed by atoms with Crippen molar-refractivity contribution in [2.24, 2.45) is 13.0 Å². The van der Waals surface area contributed by atoms with Crippen LogP contribution < -0.4 is 0 Å². The molecular formula is C20H28N6. The first-order valence-electron chi connectivity index (χ1n) is 9.41. The van der Waals surface area contributed by atoms with E-state index in [2.05, 4.69) is 65.0 Å². The van der Waals surface area contributed by atoms with E-state index in [1.165, 1.54) is 18.5 Å². The van der Waals surface area contributed by atoms with E-state index in [-0.39, 0.29) is 0 Å². The van der Waals surface area contributed by atoms with Crippen LogP contribution in [0.15, 0.2) is 42.9 Å². The fourth-order valence-electron chi connectivity index (χ4n) is 4.40. The van der Waals surface area contributed by atoms with Crippen LogP contribution in [0.5, 0.6) is 0 Å². The van der Waals surface area contributed by atoms with Gasteiger partial charge in [0.2, 0.25) is 0 Å². The molecule has 0 aliphatic carbocycles. The maximum atomic E-state index is 4.74. The molecule has 3 aromatic heterocycles. The van der Waals surface area contributed by atoms with Gasteiger partial charge >= 0.3 is 0 Å². The van der Waals surface area contributed by atoms with Crippen molar-refractivity contribution in [2.75, 3.05) is 27.2 Å². The number of imidazole rings is 1. The lowest BCUT2D eigenvalue weighted by atomic mass is 9.87. The third-order valence-corrected chi connectivity index (χ3v) is 5.56. The van der Waals surface area contributed by atoms with Gasteiger partial charge in [-0.3, -0.25) is 9.58 Å². The van der Waals surface area contributed by atoms with E-state index in [1.54, 1.807) is 0 Å². The zero-order valence-electron chi connectivity index (χ0n) is 15.9. The summed E-state index contributed by atoms with van der Waals surface area (Å²) in [5.41, 5.74) is 3.46. The van der Waals surface area contributed by atoms with Crippen LogP contribution in [0.4, 0.5) is 0 Å². The van der Waals surface area contributed by atoms with Crippen LogP contribution in [0.1, 0.15) is 30.3 Å². The minimum absolute atomic E-state index is 0.430. The molecule has 0 radical (unpaired) electrons. The van der Waals surface area contributed by atoms with E-state index in [0.29, 0.717) is 12.0 Å². The summed E-state index contributed by atoms with van der Waals surface area (Å²) in [6, 6.07) is 8.73. The number of rotatable bonds is 5. The summed E-state index contributed by atoms with van der Waals surface area (Å²) >= 11 is 0. The largest absolute Gasteiger partial charge is 0.307 e. The summed E-state index contributed by atoms with van der Waals surface area (Å²) in [6.45, 7) is 3.09. The molecule has 2 atom stereocenters. The molecule has 0 spiro atoms. The monoisotopic (exact) mass is 352 g/mol. The van der Waals surface area contributed by atoms with Crippen molar-refractivity contribution >= 4 is 5.65 Å². The van der Waals surface area contributed by atoms with Gasteiger partial charge in [0.1, 0.15) is 5.65 Å². The van der Waals surface area contributed by atoms with Gasteiger partial charge in [-0.05, 0) is 57.6 Å². The highest BCUT2D eigenvalue weighted by Crippen LogP contribution is 2.35. The number of likely N-dealkylation sites (tertiary alicyclic amines) is 1. The first kappa shape index (κ1) is 17.2. The van der Waals surface area contributed by atoms with Gasteiger partial charge in [-0.1, -0.05) is 6.07 Å². The first-order valence-corrected chi connectivity index (χ1v) is 9.41. The predicted molar refractivity (Wildman–Crippen MR) is 103 cm³/mol. The Bertz CT molecular complexity index is 833. The van der Waals surface area contributed by atoms with Gasteiger partial charge in [0.25, 0.3) is 0 Å². The molecule has 0 bridgehead atoms. The summed E-state index contributed by atoms with van der Waals surface area (Å²) in [5.74, 6) is 0.603. The lowest BCUT2D eigenvalue weighted by Gasteiger charge is -2.40. The van der Waals surface area contributed by atoms with Gasteiger partial charge in [0, 0.05) is 38.7 Å². The molecule has 1 saturated heterocycles. The molecule has 0 aromatic carbocycles. The van der Waals surface area contributed by atoms with E-state index >= 15 is 0 Å². The van der Waals surface area contributed by atoms with Crippen LogP contribution in [0.3, 0.4) is 0 Å². The minimum atomic E-state index is 0.430. The molecule has 4 rings (SSSR count). The molecule has 0 saturated carbocycles. The van der Waals surface area contributed by atoms with E-state index in [0.717, 1.165) is 31.0 Å². The third-order valence-electron chi connectivity index (χ3n) is 5.56. The Labute approximate surface area is 155 Å². The van der Waals surface area contributed by atoms with Crippen molar-refractivity contribution in [3.8, 4) is 0 Å². The van der Waals surface area contributed by atoms with Gasteiger partial charge < -0.3 is 9.30 Å². The van der Waals surface area contributed by atoms with Gasteiger partial charge in [-0.2, -0.15) is 5.10 Å². The fraction of sp³-hybridized carbons (Fsp3) is 0.500. The highest BCUT2D eigenvalue weighted by atomic mass is 15.3. The molecule has 1 aliphatic rings. The zero-order valence-corrected chi connectivity index (χ0v) is 15.9. The number of nitrogens with zero attached hydrogens (tertiary/aromatic N) is 6. The van der Waals surface area contributed by atoms with Gasteiger partial charge in [-0.15, -0.1) is 0 Å². The molecule has 0 N–H and O–H groups in total. The van der Waals surface area contributed by atoms with Crippen molar-refractivity contribution in [3.63, 3.8) is 0 Å². The molecular weight excluding hydrogens is 324 g/mol. The van der Waals surface area contributed by atoms with Crippen LogP contribution in [0, 0.1) is 5.92 Å². The number of aryl methyl sites for hydroxylation is 1. The molecule has 3 aromatic rings. The summed E-state index contributed by atoms with van der Waals surface area (Å²) in [4.78, 5) is 9.64. The Morgan fingerprint density at radius 2 is 2.12 bits per heavy atom. The molecule has 6 heteroatoms. The van der Waals surface area contributed by atoms with Crippen LogP contribution in [-0.2, 0) is 13.6 Å². The van der Waals surface area contributed by atoms with Crippen LogP contribution >= 0.6 is 0 Å². The first-order chi connectivity index (χ1) is 12.6. The smallest absolute Gasteiger partial charge is 0.137 e. The number of hydrogen-bond acceptors (Lipinski definition) is 4. The van der Waals surface area contributed by atoms with E-state index < -0.39 is 0 Å². The van der Waals surface area contributed by atoms with E-state index in [4.69, 9.17) is 4.98 Å². The van der Waals surface area contributed by atoms with Crippen molar-refractivity contribution in [3.05, 3.63) is 54.2 Å². The highest BCUT2D eigenvalue weighted by Gasteiger charge is 2.33. The summed E-state index contributed by atoms with van der Waals surface area (Å²) in [7, 11) is 6.50. The summed E-state index contributed by atoms with van der Waals surface area (Å²) in [5, 5.41) is 4.40. The Balaban J connectivity index is 1.48. The lowest BCUT2D eigenvalue weighted by Crippen LogP contribution is -2.41. The lowest BCUT2D eigenvalue weighted by molar-refractivity contribution is 0.0870. The zero-order chi connectivity index (χ0) is 18.1. The number of fused-ring (bicyclic) bond motifs is 1. The average molecular weight is 352 g/mol. The van der Waals surface area contributed by atoms with Crippen LogP contribution in [-0.4, -0.2) is 56.1 Å². The number of piperidine rings is 1. The number of aromatic nitrogens is 4. The molecule has 4 heterocycles. The Kier molecular flexibility index (Phi) is 4.78. The maximum Gasteiger partial charge on any atom is 0.137 e. The summed E-state index contributed by atoms with van der Waals surface area (Å²) < 4.78 is 4.12. The van der Waals surface area contributed by atoms with Crippen LogP contribution in [0.2, 0.25) is 0 Å². The van der Waals surface area contributed by atoms with Crippen molar-refractivity contribution in [1.29, 1.82) is 0 Å². The Hall–Kier alpha value is -2.18. The molecule has 0 unspecified atom stereocenters. The maximum absolute atomic E-state index is 4.74. The fourth-order valence-corrected chi connectivity index (χ4v) is 4.40. The SMILES string of the molecule is CN(Cc1cn2ccccc2n1)C[C@@H]1CCCN(C)[C@H]1c1ccnn1C. The molecule has 0 amide bonds. The predicted octanol–water partition coefficient (Wildman–Crippen LogP) is 2.58. The molecule has 6 nitrogen and oxygen atoms in total. The highest BCUT2D eigenvalue weighted by molar-refractivity contribution is 5.39. The Morgan fingerprint density at radius 3 is 2.88 bits per heavy atom. The Morgan fingerprint density at radius 1 is 1.23 bits per heavy atom. The summed E-state index contributed by atoms with van der Waals surface area (Å²) in [6.07, 6.45) is 8.63. The topological polar surface area (TPSA) is 41.6 Å². The quantitative estimate of drug-likeness (QED) is 0.708. The van der Waals surface area contributed by atoms with E-state index in [1.807, 2.05) is 23.0 Å².